The molecule has 1 unspecified atom stereocenters. The van der Waals surface area contributed by atoms with Crippen LogP contribution in [0.5, 0.6) is 5.75 Å². The molecular formula is C20H26N2O3. The quantitative estimate of drug-likeness (QED) is 0.774. The molecule has 0 radical (unpaired) electrons. The van der Waals surface area contributed by atoms with E-state index in [4.69, 9.17) is 9.47 Å². The largest absolute Gasteiger partial charge is 0.497 e. The van der Waals surface area contributed by atoms with Crippen LogP contribution >= 0.6 is 0 Å². The minimum absolute atomic E-state index is 0.159. The number of benzene rings is 2. The number of aryl methyl sites for hydroxylation is 1. The van der Waals surface area contributed by atoms with E-state index in [0.717, 1.165) is 28.9 Å². The van der Waals surface area contributed by atoms with E-state index in [2.05, 4.69) is 10.6 Å². The number of hydrogen-bond donors (Lipinski definition) is 2. The number of urea groups is 1. The van der Waals surface area contributed by atoms with Crippen LogP contribution < -0.4 is 15.4 Å². The number of carbonyl (C=O) groups is 1. The van der Waals surface area contributed by atoms with E-state index in [9.17, 15) is 4.79 Å². The monoisotopic (exact) mass is 342 g/mol. The molecule has 0 saturated carbocycles. The summed E-state index contributed by atoms with van der Waals surface area (Å²) in [6, 6.07) is 15.7. The van der Waals surface area contributed by atoms with Gasteiger partial charge in [-0.2, -0.15) is 0 Å². The van der Waals surface area contributed by atoms with Gasteiger partial charge < -0.3 is 20.1 Å². The van der Waals surface area contributed by atoms with Gasteiger partial charge in [0.15, 0.2) is 0 Å². The zero-order valence-corrected chi connectivity index (χ0v) is 15.0. The highest BCUT2D eigenvalue weighted by Crippen LogP contribution is 2.19. The van der Waals surface area contributed by atoms with E-state index < -0.39 is 0 Å². The molecule has 5 heteroatoms. The van der Waals surface area contributed by atoms with Gasteiger partial charge in [-0.1, -0.05) is 36.4 Å². The summed E-state index contributed by atoms with van der Waals surface area (Å²) < 4.78 is 10.6. The second kappa shape index (κ2) is 9.69. The lowest BCUT2D eigenvalue weighted by Gasteiger charge is -2.18. The first-order chi connectivity index (χ1) is 12.1. The van der Waals surface area contributed by atoms with Crippen LogP contribution in [0.4, 0.5) is 4.79 Å². The van der Waals surface area contributed by atoms with E-state index in [1.165, 1.54) is 0 Å². The Hall–Kier alpha value is -2.53. The molecule has 0 aliphatic rings. The van der Waals surface area contributed by atoms with Gasteiger partial charge in [-0.15, -0.1) is 0 Å². The molecule has 2 aromatic rings. The molecule has 1 atom stereocenters. The SMILES string of the molecule is COc1ccc(CCNC(=O)NCC(OC)c2ccccc2C)cc1. The molecule has 0 heterocycles. The topological polar surface area (TPSA) is 59.6 Å². The summed E-state index contributed by atoms with van der Waals surface area (Å²) in [4.78, 5) is 12.0. The Kier molecular flexibility index (Phi) is 7.29. The molecule has 0 aliphatic carbocycles. The third kappa shape index (κ3) is 5.80. The average molecular weight is 342 g/mol. The third-order valence-electron chi connectivity index (χ3n) is 4.13. The Labute approximate surface area is 149 Å². The van der Waals surface area contributed by atoms with Crippen LogP contribution in [0.1, 0.15) is 22.8 Å². The van der Waals surface area contributed by atoms with Crippen LogP contribution in [0.25, 0.3) is 0 Å². The maximum atomic E-state index is 12.0. The Bertz CT molecular complexity index is 671. The molecule has 0 fully saturated rings. The number of methoxy groups -OCH3 is 2. The average Bonchev–Trinajstić information content (AvgIpc) is 2.64. The van der Waals surface area contributed by atoms with Crippen molar-refractivity contribution in [3.63, 3.8) is 0 Å². The van der Waals surface area contributed by atoms with Gasteiger partial charge in [-0.05, 0) is 42.2 Å². The lowest BCUT2D eigenvalue weighted by Crippen LogP contribution is -2.39. The molecule has 0 spiro atoms. The van der Waals surface area contributed by atoms with E-state index >= 15 is 0 Å². The fourth-order valence-electron chi connectivity index (χ4n) is 2.63. The number of hydrogen-bond acceptors (Lipinski definition) is 3. The molecule has 2 rings (SSSR count). The van der Waals surface area contributed by atoms with Crippen LogP contribution in [0.2, 0.25) is 0 Å². The minimum Gasteiger partial charge on any atom is -0.497 e. The fourth-order valence-corrected chi connectivity index (χ4v) is 2.63. The van der Waals surface area contributed by atoms with Gasteiger partial charge in [0.05, 0.1) is 13.2 Å². The molecule has 0 aliphatic heterocycles. The summed E-state index contributed by atoms with van der Waals surface area (Å²) in [7, 11) is 3.30. The molecule has 0 saturated heterocycles. The lowest BCUT2D eigenvalue weighted by atomic mass is 10.0. The normalized spacial score (nSPS) is 11.6. The molecule has 2 aromatic carbocycles. The standard InChI is InChI=1S/C20H26N2O3/c1-15-6-4-5-7-18(15)19(25-3)14-22-20(23)21-13-12-16-8-10-17(24-2)11-9-16/h4-11,19H,12-14H2,1-3H3,(H2,21,22,23). The maximum absolute atomic E-state index is 12.0. The van der Waals surface area contributed by atoms with E-state index in [1.807, 2.05) is 55.5 Å². The first-order valence-electron chi connectivity index (χ1n) is 8.37. The van der Waals surface area contributed by atoms with Gasteiger partial charge in [0.2, 0.25) is 0 Å². The zero-order chi connectivity index (χ0) is 18.1. The molecule has 2 amide bonds. The van der Waals surface area contributed by atoms with Crippen LogP contribution in [0.15, 0.2) is 48.5 Å². The number of ether oxygens (including phenoxy) is 2. The summed E-state index contributed by atoms with van der Waals surface area (Å²) in [5, 5.41) is 5.74. The van der Waals surface area contributed by atoms with Gasteiger partial charge in [0.1, 0.15) is 5.75 Å². The molecule has 134 valence electrons. The van der Waals surface area contributed by atoms with E-state index in [0.29, 0.717) is 13.1 Å². The van der Waals surface area contributed by atoms with Crippen molar-refractivity contribution < 1.29 is 14.3 Å². The Morgan fingerprint density at radius 1 is 1.04 bits per heavy atom. The van der Waals surface area contributed by atoms with E-state index in [1.54, 1.807) is 14.2 Å². The van der Waals surface area contributed by atoms with E-state index in [-0.39, 0.29) is 12.1 Å². The highest BCUT2D eigenvalue weighted by Gasteiger charge is 2.13. The summed E-state index contributed by atoms with van der Waals surface area (Å²) in [6.07, 6.45) is 0.608. The third-order valence-corrected chi connectivity index (χ3v) is 4.13. The number of amides is 2. The molecule has 25 heavy (non-hydrogen) atoms. The Balaban J connectivity index is 1.75. The van der Waals surface area contributed by atoms with Gasteiger partial charge >= 0.3 is 6.03 Å². The molecule has 0 aromatic heterocycles. The van der Waals surface area contributed by atoms with Crippen molar-refractivity contribution in [2.24, 2.45) is 0 Å². The van der Waals surface area contributed by atoms with Crippen molar-refractivity contribution in [1.82, 2.24) is 10.6 Å². The Morgan fingerprint density at radius 2 is 1.76 bits per heavy atom. The van der Waals surface area contributed by atoms with Crippen molar-refractivity contribution in [2.45, 2.75) is 19.4 Å². The van der Waals surface area contributed by atoms with Crippen molar-refractivity contribution in [3.05, 3.63) is 65.2 Å². The highest BCUT2D eigenvalue weighted by molar-refractivity contribution is 5.73. The summed E-state index contributed by atoms with van der Waals surface area (Å²) in [5.74, 6) is 0.830. The van der Waals surface area contributed by atoms with Crippen LogP contribution in [-0.4, -0.2) is 33.3 Å². The van der Waals surface area contributed by atoms with Gasteiger partial charge in [-0.25, -0.2) is 4.79 Å². The van der Waals surface area contributed by atoms with Gasteiger partial charge in [0, 0.05) is 20.2 Å². The number of carbonyl (C=O) groups excluding carboxylic acids is 1. The smallest absolute Gasteiger partial charge is 0.314 e. The first-order valence-corrected chi connectivity index (χ1v) is 8.37. The second-order valence-corrected chi connectivity index (χ2v) is 5.82. The number of rotatable bonds is 8. The van der Waals surface area contributed by atoms with Gasteiger partial charge in [0.25, 0.3) is 0 Å². The lowest BCUT2D eigenvalue weighted by molar-refractivity contribution is 0.103. The first kappa shape index (κ1) is 18.8. The predicted octanol–water partition coefficient (Wildman–Crippen LogP) is 3.23. The molecular weight excluding hydrogens is 316 g/mol. The van der Waals surface area contributed by atoms with Gasteiger partial charge in [-0.3, -0.25) is 0 Å². The van der Waals surface area contributed by atoms with Crippen molar-refractivity contribution >= 4 is 6.03 Å². The van der Waals surface area contributed by atoms with Crippen molar-refractivity contribution in [2.75, 3.05) is 27.3 Å². The summed E-state index contributed by atoms with van der Waals surface area (Å²) in [5.41, 5.74) is 3.38. The summed E-state index contributed by atoms with van der Waals surface area (Å²) in [6.45, 7) is 3.03. The van der Waals surface area contributed by atoms with Crippen LogP contribution in [0.3, 0.4) is 0 Å². The predicted molar refractivity (Wildman–Crippen MR) is 99.0 cm³/mol. The highest BCUT2D eigenvalue weighted by atomic mass is 16.5. The summed E-state index contributed by atoms with van der Waals surface area (Å²) >= 11 is 0. The minimum atomic E-state index is -0.191. The van der Waals surface area contributed by atoms with Crippen molar-refractivity contribution in [3.8, 4) is 5.75 Å². The van der Waals surface area contributed by atoms with Crippen LogP contribution in [0, 0.1) is 6.92 Å². The second-order valence-electron chi connectivity index (χ2n) is 5.82. The molecule has 2 N–H and O–H groups in total. The molecule has 5 nitrogen and oxygen atoms in total. The Morgan fingerprint density at radius 3 is 2.40 bits per heavy atom. The van der Waals surface area contributed by atoms with Crippen LogP contribution in [-0.2, 0) is 11.2 Å². The zero-order valence-electron chi connectivity index (χ0n) is 15.0. The van der Waals surface area contributed by atoms with Crippen molar-refractivity contribution in [1.29, 1.82) is 0 Å². The molecule has 0 bridgehead atoms. The fraction of sp³-hybridized carbons (Fsp3) is 0.350. The maximum Gasteiger partial charge on any atom is 0.314 e. The number of nitrogens with one attached hydrogen (secondary N) is 2.